The highest BCUT2D eigenvalue weighted by atomic mass is 16.5. The van der Waals surface area contributed by atoms with E-state index in [1.165, 1.54) is 0 Å². The highest BCUT2D eigenvalue weighted by Crippen LogP contribution is 2.25. The van der Waals surface area contributed by atoms with Crippen molar-refractivity contribution in [2.75, 3.05) is 7.11 Å². The van der Waals surface area contributed by atoms with Crippen molar-refractivity contribution < 1.29 is 23.6 Å². The zero-order valence-corrected chi connectivity index (χ0v) is 8.47. The molecule has 0 saturated carbocycles. The van der Waals surface area contributed by atoms with Crippen LogP contribution in [0.3, 0.4) is 0 Å². The molecule has 0 saturated heterocycles. The number of carbonyl (C=O) groups is 1. The Morgan fingerprint density at radius 3 is 3.06 bits per heavy atom. The van der Waals surface area contributed by atoms with Crippen LogP contribution in [0.4, 0.5) is 0 Å². The first kappa shape index (κ1) is 10.4. The Bertz CT molecular complexity index is 499. The van der Waals surface area contributed by atoms with Gasteiger partial charge in [-0.2, -0.15) is 0 Å². The van der Waals surface area contributed by atoms with Crippen molar-refractivity contribution in [1.82, 2.24) is 5.16 Å². The first-order valence-electron chi connectivity index (χ1n) is 4.48. The lowest BCUT2D eigenvalue weighted by Gasteiger charge is -1.94. The van der Waals surface area contributed by atoms with Crippen molar-refractivity contribution in [1.29, 1.82) is 0 Å². The van der Waals surface area contributed by atoms with E-state index < -0.39 is 5.97 Å². The quantitative estimate of drug-likeness (QED) is 0.850. The standard InChI is InChI=1S/C10H9NO5/c1-14-5-6-2-3-8(15-6)9-7(10(12)13)4-11-16-9/h2-4H,5H2,1H3,(H,12,13). The zero-order valence-electron chi connectivity index (χ0n) is 8.47. The van der Waals surface area contributed by atoms with E-state index in [9.17, 15) is 4.79 Å². The van der Waals surface area contributed by atoms with Crippen molar-refractivity contribution in [3.63, 3.8) is 0 Å². The number of nitrogens with zero attached hydrogens (tertiary/aromatic N) is 1. The van der Waals surface area contributed by atoms with E-state index in [2.05, 4.69) is 5.16 Å². The predicted molar refractivity (Wildman–Crippen MR) is 51.9 cm³/mol. The third-order valence-electron chi connectivity index (χ3n) is 1.97. The van der Waals surface area contributed by atoms with Gasteiger partial charge in [0, 0.05) is 7.11 Å². The van der Waals surface area contributed by atoms with Gasteiger partial charge in [0.15, 0.2) is 5.76 Å². The first-order valence-corrected chi connectivity index (χ1v) is 4.48. The van der Waals surface area contributed by atoms with Crippen LogP contribution in [0.1, 0.15) is 16.1 Å². The number of carboxylic acid groups (broad SMARTS) is 1. The molecule has 2 rings (SSSR count). The lowest BCUT2D eigenvalue weighted by Crippen LogP contribution is -1.95. The molecule has 0 aliphatic heterocycles. The molecule has 0 aliphatic rings. The van der Waals surface area contributed by atoms with E-state index in [1.54, 1.807) is 19.2 Å². The summed E-state index contributed by atoms with van der Waals surface area (Å²) in [7, 11) is 1.54. The van der Waals surface area contributed by atoms with Crippen molar-refractivity contribution in [3.05, 3.63) is 29.7 Å². The first-order chi connectivity index (χ1) is 7.72. The van der Waals surface area contributed by atoms with E-state index >= 15 is 0 Å². The second-order valence-electron chi connectivity index (χ2n) is 3.07. The van der Waals surface area contributed by atoms with Crippen LogP contribution in [0, 0.1) is 0 Å². The molecule has 0 atom stereocenters. The molecule has 0 aliphatic carbocycles. The molecule has 0 aromatic carbocycles. The summed E-state index contributed by atoms with van der Waals surface area (Å²) in [6, 6.07) is 3.30. The van der Waals surface area contributed by atoms with Gasteiger partial charge in [-0.3, -0.25) is 0 Å². The van der Waals surface area contributed by atoms with Crippen LogP contribution in [0.15, 0.2) is 27.3 Å². The van der Waals surface area contributed by atoms with Gasteiger partial charge in [-0.25, -0.2) is 4.79 Å². The Morgan fingerprint density at radius 1 is 1.56 bits per heavy atom. The van der Waals surface area contributed by atoms with Crippen LogP contribution in [-0.4, -0.2) is 23.3 Å². The van der Waals surface area contributed by atoms with Gasteiger partial charge in [0.2, 0.25) is 5.76 Å². The fraction of sp³-hybridized carbons (Fsp3) is 0.200. The summed E-state index contributed by atoms with van der Waals surface area (Å²) in [6.45, 7) is 0.316. The smallest absolute Gasteiger partial charge is 0.341 e. The number of rotatable bonds is 4. The molecular formula is C10H9NO5. The summed E-state index contributed by atoms with van der Waals surface area (Å²) in [5.74, 6) is -0.0945. The van der Waals surface area contributed by atoms with Gasteiger partial charge in [-0.05, 0) is 12.1 Å². The van der Waals surface area contributed by atoms with Crippen LogP contribution < -0.4 is 0 Å². The summed E-state index contributed by atoms with van der Waals surface area (Å²) < 4.78 is 15.1. The normalized spacial score (nSPS) is 10.6. The number of methoxy groups -OCH3 is 1. The minimum atomic E-state index is -1.11. The van der Waals surface area contributed by atoms with Gasteiger partial charge >= 0.3 is 5.97 Å². The predicted octanol–water partition coefficient (Wildman–Crippen LogP) is 1.78. The van der Waals surface area contributed by atoms with Gasteiger partial charge in [0.1, 0.15) is 17.9 Å². The summed E-state index contributed by atoms with van der Waals surface area (Å²) in [6.07, 6.45) is 1.14. The molecule has 1 N–H and O–H groups in total. The third kappa shape index (κ3) is 1.82. The SMILES string of the molecule is COCc1ccc(-c2oncc2C(=O)O)o1. The third-order valence-corrected chi connectivity index (χ3v) is 1.97. The topological polar surface area (TPSA) is 85.7 Å². The van der Waals surface area contributed by atoms with E-state index in [4.69, 9.17) is 18.8 Å². The number of hydrogen-bond acceptors (Lipinski definition) is 5. The molecule has 0 unspecified atom stereocenters. The molecule has 6 heteroatoms. The molecule has 2 aromatic heterocycles. The van der Waals surface area contributed by atoms with E-state index in [-0.39, 0.29) is 11.3 Å². The molecular weight excluding hydrogens is 214 g/mol. The lowest BCUT2D eigenvalue weighted by atomic mass is 10.2. The van der Waals surface area contributed by atoms with E-state index in [0.29, 0.717) is 18.1 Å². The highest BCUT2D eigenvalue weighted by molar-refractivity contribution is 5.93. The maximum absolute atomic E-state index is 10.8. The van der Waals surface area contributed by atoms with Gasteiger partial charge < -0.3 is 18.8 Å². The minimum Gasteiger partial charge on any atom is -0.477 e. The van der Waals surface area contributed by atoms with Crippen LogP contribution >= 0.6 is 0 Å². The minimum absolute atomic E-state index is 0.0293. The average Bonchev–Trinajstić information content (AvgIpc) is 2.83. The van der Waals surface area contributed by atoms with Crippen LogP contribution in [0.2, 0.25) is 0 Å². The number of carboxylic acids is 1. The zero-order chi connectivity index (χ0) is 11.5. The molecule has 0 spiro atoms. The maximum Gasteiger partial charge on any atom is 0.341 e. The highest BCUT2D eigenvalue weighted by Gasteiger charge is 2.19. The number of hydrogen-bond donors (Lipinski definition) is 1. The van der Waals surface area contributed by atoms with Crippen molar-refractivity contribution in [2.45, 2.75) is 6.61 Å². The monoisotopic (exact) mass is 223 g/mol. The second kappa shape index (κ2) is 4.19. The molecule has 0 amide bonds. The van der Waals surface area contributed by atoms with Crippen LogP contribution in [-0.2, 0) is 11.3 Å². The van der Waals surface area contributed by atoms with Gasteiger partial charge in [-0.15, -0.1) is 0 Å². The van der Waals surface area contributed by atoms with Crippen LogP contribution in [0.5, 0.6) is 0 Å². The Balaban J connectivity index is 2.35. The molecule has 0 fully saturated rings. The molecule has 0 radical (unpaired) electrons. The Morgan fingerprint density at radius 2 is 2.38 bits per heavy atom. The Kier molecular flexibility index (Phi) is 2.74. The maximum atomic E-state index is 10.8. The number of aromatic carboxylic acids is 1. The summed E-state index contributed by atoms with van der Waals surface area (Å²) in [5.41, 5.74) is -0.0293. The number of furan rings is 1. The lowest BCUT2D eigenvalue weighted by molar-refractivity contribution is 0.0697. The summed E-state index contributed by atoms with van der Waals surface area (Å²) in [4.78, 5) is 10.8. The largest absolute Gasteiger partial charge is 0.477 e. The fourth-order valence-corrected chi connectivity index (χ4v) is 1.29. The van der Waals surface area contributed by atoms with Crippen molar-refractivity contribution >= 4 is 5.97 Å². The molecule has 6 nitrogen and oxygen atoms in total. The molecule has 2 aromatic rings. The molecule has 16 heavy (non-hydrogen) atoms. The van der Waals surface area contributed by atoms with Gasteiger partial charge in [0.05, 0.1) is 6.20 Å². The van der Waals surface area contributed by atoms with Gasteiger partial charge in [0.25, 0.3) is 0 Å². The summed E-state index contributed by atoms with van der Waals surface area (Å²) in [5, 5.41) is 12.3. The van der Waals surface area contributed by atoms with Crippen molar-refractivity contribution in [3.8, 4) is 11.5 Å². The fourth-order valence-electron chi connectivity index (χ4n) is 1.29. The average molecular weight is 223 g/mol. The Labute approximate surface area is 90.4 Å². The summed E-state index contributed by atoms with van der Waals surface area (Å²) >= 11 is 0. The van der Waals surface area contributed by atoms with E-state index in [1.807, 2.05) is 0 Å². The molecule has 84 valence electrons. The Hall–Kier alpha value is -2.08. The van der Waals surface area contributed by atoms with E-state index in [0.717, 1.165) is 6.20 Å². The van der Waals surface area contributed by atoms with Crippen molar-refractivity contribution in [2.24, 2.45) is 0 Å². The number of aromatic nitrogens is 1. The number of ether oxygens (including phenoxy) is 1. The van der Waals surface area contributed by atoms with Gasteiger partial charge in [-0.1, -0.05) is 5.16 Å². The molecule has 2 heterocycles. The second-order valence-corrected chi connectivity index (χ2v) is 3.07. The van der Waals surface area contributed by atoms with Crippen LogP contribution in [0.25, 0.3) is 11.5 Å². The molecule has 0 bridgehead atoms.